The second-order valence-electron chi connectivity index (χ2n) is 5.83. The number of sulfonamides is 1. The Morgan fingerprint density at radius 2 is 1.90 bits per heavy atom. The van der Waals surface area contributed by atoms with Gasteiger partial charge in [0.25, 0.3) is 0 Å². The van der Waals surface area contributed by atoms with E-state index in [4.69, 9.17) is 0 Å². The van der Waals surface area contributed by atoms with Crippen molar-refractivity contribution >= 4 is 16.0 Å². The number of nitrogens with zero attached hydrogens (tertiary/aromatic N) is 2. The molecule has 118 valence electrons. The largest absolute Gasteiger partial charge is 0.356 e. The molecule has 1 aliphatic heterocycles. The van der Waals surface area contributed by atoms with Gasteiger partial charge in [-0.2, -0.15) is 0 Å². The van der Waals surface area contributed by atoms with E-state index in [2.05, 4.69) is 29.5 Å². The minimum atomic E-state index is -3.03. The van der Waals surface area contributed by atoms with Crippen LogP contribution in [0.15, 0.2) is 4.99 Å². The lowest BCUT2D eigenvalue weighted by atomic mass is 9.98. The molecule has 1 aliphatic rings. The zero-order valence-corrected chi connectivity index (χ0v) is 13.8. The summed E-state index contributed by atoms with van der Waals surface area (Å²) in [6.07, 6.45) is 3.09. The first-order chi connectivity index (χ1) is 9.32. The minimum Gasteiger partial charge on any atom is -0.356 e. The molecule has 0 bridgehead atoms. The number of guanidine groups is 1. The molecule has 2 N–H and O–H groups in total. The van der Waals surface area contributed by atoms with Crippen molar-refractivity contribution in [2.75, 3.05) is 39.5 Å². The van der Waals surface area contributed by atoms with Crippen LogP contribution < -0.4 is 10.6 Å². The molecule has 20 heavy (non-hydrogen) atoms. The van der Waals surface area contributed by atoms with Crippen LogP contribution in [0.1, 0.15) is 26.7 Å². The molecule has 0 unspecified atom stereocenters. The Bertz CT molecular complexity index is 412. The average molecular weight is 304 g/mol. The van der Waals surface area contributed by atoms with Gasteiger partial charge in [-0.25, -0.2) is 12.7 Å². The summed E-state index contributed by atoms with van der Waals surface area (Å²) in [6.45, 7) is 7.30. The van der Waals surface area contributed by atoms with Crippen molar-refractivity contribution in [3.8, 4) is 0 Å². The Labute approximate surface area is 123 Å². The normalized spacial score (nSPS) is 19.4. The molecule has 0 radical (unpaired) electrons. The SMILES string of the molecule is CN=C(NCC(C)C)NCC1CCN(S(C)(=O)=O)CC1. The quantitative estimate of drug-likeness (QED) is 0.572. The Kier molecular flexibility index (Phi) is 6.75. The molecular weight excluding hydrogens is 276 g/mol. The smallest absolute Gasteiger partial charge is 0.211 e. The van der Waals surface area contributed by atoms with E-state index in [9.17, 15) is 8.42 Å². The Balaban J connectivity index is 2.30. The van der Waals surface area contributed by atoms with Crippen LogP contribution in [0.3, 0.4) is 0 Å². The molecule has 0 amide bonds. The number of hydrogen-bond acceptors (Lipinski definition) is 3. The predicted octanol–water partition coefficient (Wildman–Crippen LogP) is 0.479. The maximum atomic E-state index is 11.4. The molecule has 0 aromatic rings. The summed E-state index contributed by atoms with van der Waals surface area (Å²) in [5, 5.41) is 6.59. The van der Waals surface area contributed by atoms with Crippen LogP contribution in [-0.4, -0.2) is 58.2 Å². The molecule has 1 fully saturated rings. The van der Waals surface area contributed by atoms with Gasteiger partial charge in [-0.3, -0.25) is 4.99 Å². The molecule has 7 heteroatoms. The van der Waals surface area contributed by atoms with Crippen molar-refractivity contribution in [3.05, 3.63) is 0 Å². The standard InChI is InChI=1S/C13H28N4O2S/c1-11(2)9-15-13(14-3)16-10-12-5-7-17(8-6-12)20(4,18)19/h11-12H,5-10H2,1-4H3,(H2,14,15,16). The van der Waals surface area contributed by atoms with Gasteiger partial charge in [-0.1, -0.05) is 13.8 Å². The van der Waals surface area contributed by atoms with Gasteiger partial charge < -0.3 is 10.6 Å². The lowest BCUT2D eigenvalue weighted by molar-refractivity contribution is 0.274. The molecule has 0 aliphatic carbocycles. The first-order valence-corrected chi connectivity index (χ1v) is 9.07. The van der Waals surface area contributed by atoms with E-state index < -0.39 is 10.0 Å². The number of hydrogen-bond donors (Lipinski definition) is 2. The molecule has 0 spiro atoms. The van der Waals surface area contributed by atoms with E-state index in [1.54, 1.807) is 11.4 Å². The molecule has 0 saturated carbocycles. The van der Waals surface area contributed by atoms with Gasteiger partial charge in [-0.05, 0) is 24.7 Å². The van der Waals surface area contributed by atoms with Gasteiger partial charge in [0.05, 0.1) is 6.26 Å². The second-order valence-corrected chi connectivity index (χ2v) is 7.82. The molecule has 1 heterocycles. The number of nitrogens with one attached hydrogen (secondary N) is 2. The van der Waals surface area contributed by atoms with Crippen molar-refractivity contribution in [1.82, 2.24) is 14.9 Å². The number of aliphatic imine (C=N–C) groups is 1. The lowest BCUT2D eigenvalue weighted by Crippen LogP contribution is -2.44. The van der Waals surface area contributed by atoms with Crippen LogP contribution in [0.2, 0.25) is 0 Å². The summed E-state index contributed by atoms with van der Waals surface area (Å²) < 4.78 is 24.4. The predicted molar refractivity (Wildman–Crippen MR) is 83.3 cm³/mol. The third-order valence-electron chi connectivity index (χ3n) is 3.50. The molecule has 1 rings (SSSR count). The van der Waals surface area contributed by atoms with Crippen LogP contribution in [0.5, 0.6) is 0 Å². The highest BCUT2D eigenvalue weighted by molar-refractivity contribution is 7.88. The summed E-state index contributed by atoms with van der Waals surface area (Å²) in [6, 6.07) is 0. The highest BCUT2D eigenvalue weighted by Gasteiger charge is 2.24. The van der Waals surface area contributed by atoms with Gasteiger partial charge in [0.2, 0.25) is 10.0 Å². The summed E-state index contributed by atoms with van der Waals surface area (Å²) in [5.41, 5.74) is 0. The van der Waals surface area contributed by atoms with E-state index in [1.807, 2.05) is 0 Å². The summed E-state index contributed by atoms with van der Waals surface area (Å²) in [7, 11) is -1.26. The van der Waals surface area contributed by atoms with Gasteiger partial charge in [0.15, 0.2) is 5.96 Å². The molecule has 0 atom stereocenters. The maximum absolute atomic E-state index is 11.4. The molecular formula is C13H28N4O2S. The Morgan fingerprint density at radius 3 is 2.35 bits per heavy atom. The van der Waals surface area contributed by atoms with Gasteiger partial charge in [-0.15, -0.1) is 0 Å². The highest BCUT2D eigenvalue weighted by atomic mass is 32.2. The molecule has 0 aromatic carbocycles. The summed E-state index contributed by atoms with van der Waals surface area (Å²) in [4.78, 5) is 4.19. The van der Waals surface area contributed by atoms with E-state index in [0.717, 1.165) is 31.9 Å². The van der Waals surface area contributed by atoms with Crippen molar-refractivity contribution in [3.63, 3.8) is 0 Å². The highest BCUT2D eigenvalue weighted by Crippen LogP contribution is 2.18. The topological polar surface area (TPSA) is 73.8 Å². The summed E-state index contributed by atoms with van der Waals surface area (Å²) in [5.74, 6) is 1.90. The van der Waals surface area contributed by atoms with Crippen molar-refractivity contribution in [2.24, 2.45) is 16.8 Å². The van der Waals surface area contributed by atoms with Crippen LogP contribution in [0.25, 0.3) is 0 Å². The average Bonchev–Trinajstić information content (AvgIpc) is 2.38. The van der Waals surface area contributed by atoms with Crippen LogP contribution in [0, 0.1) is 11.8 Å². The third-order valence-corrected chi connectivity index (χ3v) is 4.81. The minimum absolute atomic E-state index is 0.505. The van der Waals surface area contributed by atoms with Crippen LogP contribution >= 0.6 is 0 Å². The number of rotatable bonds is 5. The fraction of sp³-hybridized carbons (Fsp3) is 0.923. The monoisotopic (exact) mass is 304 g/mol. The zero-order valence-electron chi connectivity index (χ0n) is 13.0. The Hall–Kier alpha value is -0.820. The third kappa shape index (κ3) is 6.09. The van der Waals surface area contributed by atoms with Gasteiger partial charge in [0.1, 0.15) is 0 Å². The van der Waals surface area contributed by atoms with Crippen molar-refractivity contribution in [1.29, 1.82) is 0 Å². The summed E-state index contributed by atoms with van der Waals surface area (Å²) >= 11 is 0. The lowest BCUT2D eigenvalue weighted by Gasteiger charge is -2.30. The van der Waals surface area contributed by atoms with E-state index in [-0.39, 0.29) is 0 Å². The fourth-order valence-electron chi connectivity index (χ4n) is 2.21. The maximum Gasteiger partial charge on any atom is 0.211 e. The van der Waals surface area contributed by atoms with Crippen molar-refractivity contribution in [2.45, 2.75) is 26.7 Å². The fourth-order valence-corrected chi connectivity index (χ4v) is 3.08. The van der Waals surface area contributed by atoms with Gasteiger partial charge >= 0.3 is 0 Å². The van der Waals surface area contributed by atoms with Crippen LogP contribution in [0.4, 0.5) is 0 Å². The van der Waals surface area contributed by atoms with E-state index >= 15 is 0 Å². The molecule has 6 nitrogen and oxygen atoms in total. The van der Waals surface area contributed by atoms with Gasteiger partial charge in [0, 0.05) is 33.2 Å². The van der Waals surface area contributed by atoms with Crippen molar-refractivity contribution < 1.29 is 8.42 Å². The van der Waals surface area contributed by atoms with E-state index in [0.29, 0.717) is 24.9 Å². The number of piperidine rings is 1. The molecule has 0 aromatic heterocycles. The second kappa shape index (κ2) is 7.83. The zero-order chi connectivity index (χ0) is 15.2. The van der Waals surface area contributed by atoms with Crippen LogP contribution in [-0.2, 0) is 10.0 Å². The Morgan fingerprint density at radius 1 is 1.30 bits per heavy atom. The first kappa shape index (κ1) is 17.2. The molecule has 1 saturated heterocycles. The first-order valence-electron chi connectivity index (χ1n) is 7.22. The van der Waals surface area contributed by atoms with E-state index in [1.165, 1.54) is 6.26 Å².